The maximum absolute atomic E-state index is 12.7. The van der Waals surface area contributed by atoms with Crippen LogP contribution < -0.4 is 11.1 Å². The molecule has 2 aliphatic rings. The van der Waals surface area contributed by atoms with E-state index in [0.717, 1.165) is 12.8 Å². The van der Waals surface area contributed by atoms with Gasteiger partial charge in [-0.05, 0) is 50.9 Å². The summed E-state index contributed by atoms with van der Waals surface area (Å²) in [6, 6.07) is 5.93. The molecular formula is C16H22F3N5. The predicted octanol–water partition coefficient (Wildman–Crippen LogP) is 2.61. The third kappa shape index (κ3) is 4.17. The number of alkyl halides is 3. The maximum atomic E-state index is 12.7. The van der Waals surface area contributed by atoms with E-state index < -0.39 is 12.1 Å². The van der Waals surface area contributed by atoms with Crippen LogP contribution >= 0.6 is 0 Å². The zero-order chi connectivity index (χ0) is 17.2. The van der Waals surface area contributed by atoms with Gasteiger partial charge in [0.25, 0.3) is 0 Å². The highest BCUT2D eigenvalue weighted by Crippen LogP contribution is 2.37. The number of aliphatic imine (C=N–C) groups is 1. The normalized spacial score (nSPS) is 26.9. The van der Waals surface area contributed by atoms with Gasteiger partial charge in [0, 0.05) is 12.2 Å². The van der Waals surface area contributed by atoms with E-state index >= 15 is 0 Å². The number of nitrogens with two attached hydrogens (primary N) is 1. The molecule has 24 heavy (non-hydrogen) atoms. The quantitative estimate of drug-likeness (QED) is 0.655. The average Bonchev–Trinajstić information content (AvgIpc) is 2.51. The van der Waals surface area contributed by atoms with Crippen LogP contribution in [0, 0.1) is 5.92 Å². The minimum atomic E-state index is -4.05. The molecule has 0 bridgehead atoms. The smallest absolute Gasteiger partial charge is 0.370 e. The van der Waals surface area contributed by atoms with Crippen LogP contribution in [-0.2, 0) is 0 Å². The second kappa shape index (κ2) is 6.96. The fraction of sp³-hybridized carbons (Fsp3) is 0.625. The Morgan fingerprint density at radius 3 is 2.54 bits per heavy atom. The number of aromatic nitrogens is 1. The van der Waals surface area contributed by atoms with Crippen molar-refractivity contribution in [1.82, 2.24) is 9.88 Å². The molecule has 0 radical (unpaired) electrons. The Balaban J connectivity index is 1.42. The predicted molar refractivity (Wildman–Crippen MR) is 86.6 cm³/mol. The molecule has 1 aromatic rings. The van der Waals surface area contributed by atoms with Crippen LogP contribution in [0.25, 0.3) is 0 Å². The molecule has 1 saturated heterocycles. The fourth-order valence-electron chi connectivity index (χ4n) is 3.35. The Bertz CT molecular complexity index is 561. The van der Waals surface area contributed by atoms with Gasteiger partial charge in [0.1, 0.15) is 5.82 Å². The molecule has 2 fully saturated rings. The van der Waals surface area contributed by atoms with Crippen molar-refractivity contribution in [2.45, 2.75) is 43.9 Å². The van der Waals surface area contributed by atoms with E-state index in [9.17, 15) is 13.2 Å². The minimum absolute atomic E-state index is 0.131. The summed E-state index contributed by atoms with van der Waals surface area (Å²) in [7, 11) is 0. The van der Waals surface area contributed by atoms with Crippen molar-refractivity contribution in [2.75, 3.05) is 18.4 Å². The molecule has 1 aliphatic carbocycles. The number of rotatable bonds is 3. The summed E-state index contributed by atoms with van der Waals surface area (Å²) in [6.45, 7) is 1.04. The highest BCUT2D eigenvalue weighted by Gasteiger charge is 2.43. The van der Waals surface area contributed by atoms with Gasteiger partial charge in [-0.2, -0.15) is 13.2 Å². The lowest BCUT2D eigenvalue weighted by Crippen LogP contribution is -2.51. The Kier molecular flexibility index (Phi) is 4.93. The number of hydrogen-bond acceptors (Lipinski definition) is 3. The number of nitrogens with zero attached hydrogens (tertiary/aromatic N) is 3. The van der Waals surface area contributed by atoms with Crippen LogP contribution in [0.3, 0.4) is 0 Å². The van der Waals surface area contributed by atoms with Crippen LogP contribution in [-0.4, -0.2) is 47.2 Å². The molecule has 0 atom stereocenters. The summed E-state index contributed by atoms with van der Waals surface area (Å²) in [5.74, 6) is -0.169. The topological polar surface area (TPSA) is 66.5 Å². The summed E-state index contributed by atoms with van der Waals surface area (Å²) in [5.41, 5.74) is 5.87. The van der Waals surface area contributed by atoms with Crippen molar-refractivity contribution in [3.8, 4) is 0 Å². The van der Waals surface area contributed by atoms with Gasteiger partial charge in [-0.1, -0.05) is 6.07 Å². The van der Waals surface area contributed by atoms with Gasteiger partial charge < -0.3 is 16.0 Å². The van der Waals surface area contributed by atoms with Crippen molar-refractivity contribution in [1.29, 1.82) is 0 Å². The Hall–Kier alpha value is -1.83. The highest BCUT2D eigenvalue weighted by molar-refractivity contribution is 5.91. The largest absolute Gasteiger partial charge is 0.391 e. The number of anilines is 1. The van der Waals surface area contributed by atoms with Crippen molar-refractivity contribution in [3.63, 3.8) is 0 Å². The number of likely N-dealkylation sites (tertiary alicyclic amines) is 1. The van der Waals surface area contributed by atoms with Gasteiger partial charge in [-0.25, -0.2) is 9.98 Å². The summed E-state index contributed by atoms with van der Waals surface area (Å²) in [5, 5.41) is 2.94. The molecule has 132 valence electrons. The van der Waals surface area contributed by atoms with Crippen LogP contribution in [0.15, 0.2) is 29.4 Å². The number of guanidine groups is 1. The van der Waals surface area contributed by atoms with E-state index in [1.807, 2.05) is 12.1 Å². The zero-order valence-corrected chi connectivity index (χ0v) is 13.3. The van der Waals surface area contributed by atoms with Crippen LogP contribution in [0.4, 0.5) is 19.0 Å². The van der Waals surface area contributed by atoms with E-state index in [0.29, 0.717) is 30.9 Å². The number of hydrogen-bond donors (Lipinski definition) is 2. The van der Waals surface area contributed by atoms with Crippen LogP contribution in [0.5, 0.6) is 0 Å². The molecule has 1 aromatic heterocycles. The monoisotopic (exact) mass is 341 g/mol. The molecule has 0 aromatic carbocycles. The third-order valence-corrected chi connectivity index (χ3v) is 4.84. The maximum Gasteiger partial charge on any atom is 0.391 e. The Morgan fingerprint density at radius 1 is 1.25 bits per heavy atom. The molecule has 1 aliphatic heterocycles. The summed E-state index contributed by atoms with van der Waals surface area (Å²) >= 11 is 0. The molecule has 8 heteroatoms. The second-order valence-electron chi connectivity index (χ2n) is 6.49. The van der Waals surface area contributed by atoms with Gasteiger partial charge in [0.15, 0.2) is 5.96 Å². The van der Waals surface area contributed by atoms with Crippen LogP contribution in [0.1, 0.15) is 25.7 Å². The summed E-state index contributed by atoms with van der Waals surface area (Å²) < 4.78 is 38.1. The lowest BCUT2D eigenvalue weighted by Gasteiger charge is -2.44. The molecule has 0 spiro atoms. The summed E-state index contributed by atoms with van der Waals surface area (Å²) in [4.78, 5) is 10.7. The first-order valence-corrected chi connectivity index (χ1v) is 8.24. The molecule has 2 heterocycles. The van der Waals surface area contributed by atoms with Crippen molar-refractivity contribution in [3.05, 3.63) is 24.4 Å². The fourth-order valence-corrected chi connectivity index (χ4v) is 3.35. The number of piperidine rings is 1. The minimum Gasteiger partial charge on any atom is -0.370 e. The van der Waals surface area contributed by atoms with Gasteiger partial charge in [0.05, 0.1) is 12.0 Å². The highest BCUT2D eigenvalue weighted by atomic mass is 19.4. The molecule has 3 N–H and O–H groups in total. The molecular weight excluding hydrogens is 319 g/mol. The molecule has 5 nitrogen and oxygen atoms in total. The molecule has 0 unspecified atom stereocenters. The van der Waals surface area contributed by atoms with Gasteiger partial charge in [-0.3, -0.25) is 0 Å². The third-order valence-electron chi connectivity index (χ3n) is 4.84. The first kappa shape index (κ1) is 17.0. The first-order chi connectivity index (χ1) is 11.4. The van der Waals surface area contributed by atoms with Gasteiger partial charge in [0.2, 0.25) is 0 Å². The number of halogens is 3. The van der Waals surface area contributed by atoms with E-state index in [1.165, 1.54) is 0 Å². The van der Waals surface area contributed by atoms with Crippen molar-refractivity contribution < 1.29 is 13.2 Å². The second-order valence-corrected chi connectivity index (χ2v) is 6.49. The van der Waals surface area contributed by atoms with E-state index in [2.05, 4.69) is 20.2 Å². The number of nitrogens with one attached hydrogen (secondary N) is 1. The van der Waals surface area contributed by atoms with Gasteiger partial charge in [-0.15, -0.1) is 0 Å². The SMILES string of the molecule is NC(=NC1CC(N2CCC(C(F)(F)F)CC2)C1)Nc1ccccn1. The lowest BCUT2D eigenvalue weighted by molar-refractivity contribution is -0.187. The zero-order valence-electron chi connectivity index (χ0n) is 13.3. The van der Waals surface area contributed by atoms with E-state index in [1.54, 1.807) is 12.3 Å². The molecule has 3 rings (SSSR count). The van der Waals surface area contributed by atoms with Crippen molar-refractivity contribution >= 4 is 11.8 Å². The first-order valence-electron chi connectivity index (χ1n) is 8.24. The van der Waals surface area contributed by atoms with Crippen LogP contribution in [0.2, 0.25) is 0 Å². The Morgan fingerprint density at radius 2 is 1.96 bits per heavy atom. The van der Waals surface area contributed by atoms with E-state index in [4.69, 9.17) is 5.73 Å². The Labute approximate surface area is 139 Å². The van der Waals surface area contributed by atoms with Crippen molar-refractivity contribution in [2.24, 2.45) is 16.6 Å². The standard InChI is InChI=1S/C16H22F3N5/c17-16(18,19)11-4-7-24(8-5-11)13-9-12(10-13)22-15(20)23-14-3-1-2-6-21-14/h1-3,6,11-13H,4-5,7-10H2,(H3,20,21,22,23). The van der Waals surface area contributed by atoms with E-state index in [-0.39, 0.29) is 18.9 Å². The molecule has 1 saturated carbocycles. The average molecular weight is 341 g/mol. The summed E-state index contributed by atoms with van der Waals surface area (Å²) in [6.07, 6.45) is -0.277. The lowest BCUT2D eigenvalue weighted by atomic mass is 9.83. The molecule has 0 amide bonds. The van der Waals surface area contributed by atoms with Gasteiger partial charge >= 0.3 is 6.18 Å². The number of pyridine rings is 1.